The van der Waals surface area contributed by atoms with Crippen LogP contribution in [0.3, 0.4) is 0 Å². The highest BCUT2D eigenvalue weighted by Crippen LogP contribution is 2.18. The zero-order chi connectivity index (χ0) is 12.3. The van der Waals surface area contributed by atoms with Crippen LogP contribution in [0.2, 0.25) is 0 Å². The number of aliphatic hydroxyl groups excluding tert-OH is 1. The number of hydrogen-bond acceptors (Lipinski definition) is 3. The molecule has 92 valence electrons. The van der Waals surface area contributed by atoms with E-state index in [0.29, 0.717) is 19.7 Å². The quantitative estimate of drug-likeness (QED) is 0.852. The van der Waals surface area contributed by atoms with E-state index >= 15 is 0 Å². The van der Waals surface area contributed by atoms with Gasteiger partial charge in [0.25, 0.3) is 0 Å². The van der Waals surface area contributed by atoms with Crippen LogP contribution in [0, 0.1) is 0 Å². The van der Waals surface area contributed by atoms with Gasteiger partial charge in [0.15, 0.2) is 0 Å². The van der Waals surface area contributed by atoms with Gasteiger partial charge < -0.3 is 14.7 Å². The molecule has 0 aliphatic carbocycles. The molecular formula is C13H17NO3. The summed E-state index contributed by atoms with van der Waals surface area (Å²) in [6.45, 7) is 3.53. The molecule has 1 N–H and O–H groups in total. The Hall–Kier alpha value is -1.55. The lowest BCUT2D eigenvalue weighted by molar-refractivity contribution is -0.128. The Morgan fingerprint density at radius 3 is 3.00 bits per heavy atom. The Balaban J connectivity index is 2.03. The van der Waals surface area contributed by atoms with Crippen LogP contribution in [0.4, 0.5) is 0 Å². The minimum atomic E-state index is -0.516. The summed E-state index contributed by atoms with van der Waals surface area (Å²) in [4.78, 5) is 13.2. The van der Waals surface area contributed by atoms with E-state index in [9.17, 15) is 9.90 Å². The van der Waals surface area contributed by atoms with Gasteiger partial charge in [-0.2, -0.15) is 0 Å². The summed E-state index contributed by atoms with van der Waals surface area (Å²) in [5.74, 6) is 0.830. The van der Waals surface area contributed by atoms with Gasteiger partial charge in [-0.3, -0.25) is 4.79 Å². The Morgan fingerprint density at radius 2 is 2.35 bits per heavy atom. The number of amides is 1. The average molecular weight is 235 g/mol. The molecule has 0 spiro atoms. The summed E-state index contributed by atoms with van der Waals surface area (Å²) >= 11 is 0. The molecule has 0 aromatic heterocycles. The molecule has 17 heavy (non-hydrogen) atoms. The third-order valence-electron chi connectivity index (χ3n) is 2.78. The van der Waals surface area contributed by atoms with Gasteiger partial charge in [-0.15, -0.1) is 0 Å². The molecule has 0 saturated carbocycles. The van der Waals surface area contributed by atoms with E-state index in [1.807, 2.05) is 31.2 Å². The van der Waals surface area contributed by atoms with Crippen LogP contribution in [-0.4, -0.2) is 35.2 Å². The van der Waals surface area contributed by atoms with E-state index in [1.54, 1.807) is 4.90 Å². The lowest BCUT2D eigenvalue weighted by Crippen LogP contribution is -2.25. The molecule has 0 bridgehead atoms. The second-order valence-electron chi connectivity index (χ2n) is 4.21. The molecule has 1 aromatic rings. The van der Waals surface area contributed by atoms with Gasteiger partial charge in [-0.25, -0.2) is 0 Å². The maximum atomic E-state index is 11.5. The molecule has 1 saturated heterocycles. The third-order valence-corrected chi connectivity index (χ3v) is 2.78. The number of β-amino-alcohol motifs (C(OH)–C–C–N with tert-alkyl or cyclic N) is 1. The summed E-state index contributed by atoms with van der Waals surface area (Å²) in [7, 11) is 0. The van der Waals surface area contributed by atoms with Crippen LogP contribution in [0.1, 0.15) is 18.9 Å². The number of nitrogens with zero attached hydrogens (tertiary/aromatic N) is 1. The normalized spacial score (nSPS) is 19.8. The van der Waals surface area contributed by atoms with Gasteiger partial charge in [0.2, 0.25) is 5.91 Å². The predicted molar refractivity (Wildman–Crippen MR) is 63.7 cm³/mol. The first-order chi connectivity index (χ1) is 8.19. The summed E-state index contributed by atoms with van der Waals surface area (Å²) in [5, 5.41) is 9.40. The number of rotatable bonds is 4. The average Bonchev–Trinajstić information content (AvgIpc) is 2.58. The molecule has 1 aliphatic rings. The Bertz CT molecular complexity index is 405. The molecule has 1 fully saturated rings. The van der Waals surface area contributed by atoms with Crippen molar-refractivity contribution in [1.29, 1.82) is 0 Å². The first kappa shape index (κ1) is 11.9. The van der Waals surface area contributed by atoms with E-state index in [-0.39, 0.29) is 12.3 Å². The van der Waals surface area contributed by atoms with Gasteiger partial charge in [0, 0.05) is 13.1 Å². The maximum Gasteiger partial charge on any atom is 0.225 e. The molecule has 0 radical (unpaired) electrons. The zero-order valence-corrected chi connectivity index (χ0v) is 9.93. The van der Waals surface area contributed by atoms with Crippen molar-refractivity contribution in [1.82, 2.24) is 4.90 Å². The van der Waals surface area contributed by atoms with Crippen LogP contribution in [0.5, 0.6) is 5.75 Å². The van der Waals surface area contributed by atoms with Crippen LogP contribution < -0.4 is 4.74 Å². The minimum absolute atomic E-state index is 0.0133. The Morgan fingerprint density at radius 1 is 1.53 bits per heavy atom. The van der Waals surface area contributed by atoms with E-state index in [0.717, 1.165) is 11.3 Å². The maximum absolute atomic E-state index is 11.5. The summed E-state index contributed by atoms with van der Waals surface area (Å²) in [6, 6.07) is 7.70. The lowest BCUT2D eigenvalue weighted by atomic mass is 10.2. The van der Waals surface area contributed by atoms with Gasteiger partial charge in [-0.05, 0) is 24.6 Å². The molecule has 1 unspecified atom stereocenters. The molecular weight excluding hydrogens is 218 g/mol. The number of carbonyl (C=O) groups is 1. The number of ether oxygens (including phenoxy) is 1. The van der Waals surface area contributed by atoms with E-state index in [2.05, 4.69) is 0 Å². The number of hydrogen-bond donors (Lipinski definition) is 1. The van der Waals surface area contributed by atoms with Crippen LogP contribution in [-0.2, 0) is 11.3 Å². The van der Waals surface area contributed by atoms with Crippen molar-refractivity contribution in [2.45, 2.75) is 26.0 Å². The highest BCUT2D eigenvalue weighted by molar-refractivity contribution is 5.79. The topological polar surface area (TPSA) is 49.8 Å². The van der Waals surface area contributed by atoms with Crippen molar-refractivity contribution < 1.29 is 14.6 Å². The molecule has 2 rings (SSSR count). The van der Waals surface area contributed by atoms with Gasteiger partial charge in [0.1, 0.15) is 5.75 Å². The molecule has 1 heterocycles. The first-order valence-corrected chi connectivity index (χ1v) is 5.86. The third kappa shape index (κ3) is 2.97. The van der Waals surface area contributed by atoms with Crippen LogP contribution in [0.25, 0.3) is 0 Å². The molecule has 1 aliphatic heterocycles. The molecule has 4 heteroatoms. The number of likely N-dealkylation sites (tertiary alicyclic amines) is 1. The largest absolute Gasteiger partial charge is 0.494 e. The van der Waals surface area contributed by atoms with E-state index in [4.69, 9.17) is 4.74 Å². The molecule has 1 amide bonds. The Labute approximate surface area is 101 Å². The first-order valence-electron chi connectivity index (χ1n) is 5.86. The number of benzene rings is 1. The van der Waals surface area contributed by atoms with Crippen molar-refractivity contribution in [2.24, 2.45) is 0 Å². The fourth-order valence-electron chi connectivity index (χ4n) is 2.02. The summed E-state index contributed by atoms with van der Waals surface area (Å²) < 4.78 is 5.41. The smallest absolute Gasteiger partial charge is 0.225 e. The lowest BCUT2D eigenvalue weighted by Gasteiger charge is -2.16. The molecule has 4 nitrogen and oxygen atoms in total. The number of aliphatic hydroxyl groups is 1. The van der Waals surface area contributed by atoms with Gasteiger partial charge in [-0.1, -0.05) is 12.1 Å². The van der Waals surface area contributed by atoms with Crippen molar-refractivity contribution in [3.05, 3.63) is 29.8 Å². The molecule has 1 atom stereocenters. The summed E-state index contributed by atoms with van der Waals surface area (Å²) in [5.41, 5.74) is 1.03. The second kappa shape index (κ2) is 5.19. The van der Waals surface area contributed by atoms with Gasteiger partial charge in [0.05, 0.1) is 19.1 Å². The van der Waals surface area contributed by atoms with Gasteiger partial charge >= 0.3 is 0 Å². The van der Waals surface area contributed by atoms with Crippen molar-refractivity contribution in [2.75, 3.05) is 13.2 Å². The minimum Gasteiger partial charge on any atom is -0.494 e. The second-order valence-corrected chi connectivity index (χ2v) is 4.21. The summed E-state index contributed by atoms with van der Waals surface area (Å²) in [6.07, 6.45) is -0.275. The Kier molecular flexibility index (Phi) is 3.64. The SMILES string of the molecule is CCOc1cccc(CN2CC(O)CC2=O)c1. The van der Waals surface area contributed by atoms with Crippen LogP contribution in [0.15, 0.2) is 24.3 Å². The van der Waals surface area contributed by atoms with Crippen molar-refractivity contribution >= 4 is 5.91 Å². The highest BCUT2D eigenvalue weighted by Gasteiger charge is 2.27. The van der Waals surface area contributed by atoms with Crippen LogP contribution >= 0.6 is 0 Å². The standard InChI is InChI=1S/C13H17NO3/c1-2-17-12-5-3-4-10(6-12)8-14-9-11(15)7-13(14)16/h3-6,11,15H,2,7-9H2,1H3. The fraction of sp³-hybridized carbons (Fsp3) is 0.462. The van der Waals surface area contributed by atoms with E-state index < -0.39 is 6.10 Å². The highest BCUT2D eigenvalue weighted by atomic mass is 16.5. The predicted octanol–water partition coefficient (Wildman–Crippen LogP) is 1.18. The fourth-order valence-corrected chi connectivity index (χ4v) is 2.02. The van der Waals surface area contributed by atoms with E-state index in [1.165, 1.54) is 0 Å². The number of carbonyl (C=O) groups excluding carboxylic acids is 1. The zero-order valence-electron chi connectivity index (χ0n) is 9.93. The van der Waals surface area contributed by atoms with Crippen molar-refractivity contribution in [3.63, 3.8) is 0 Å². The monoisotopic (exact) mass is 235 g/mol. The van der Waals surface area contributed by atoms with Crippen molar-refractivity contribution in [3.8, 4) is 5.75 Å². The molecule has 1 aromatic carbocycles.